The van der Waals surface area contributed by atoms with Gasteiger partial charge < -0.3 is 14.2 Å². The summed E-state index contributed by atoms with van der Waals surface area (Å²) in [6.07, 6.45) is 1.44. The SMILES string of the molecule is Cc1c(C(=O)OCC(=O)c2ccc3c(c2)OCCO3)cnn1-c1ccccc1. The molecule has 7 nitrogen and oxygen atoms in total. The van der Waals surface area contributed by atoms with Crippen LogP contribution in [-0.2, 0) is 4.74 Å². The van der Waals surface area contributed by atoms with Crippen LogP contribution in [0.1, 0.15) is 26.4 Å². The molecule has 7 heteroatoms. The van der Waals surface area contributed by atoms with Gasteiger partial charge in [-0.05, 0) is 37.3 Å². The Kier molecular flexibility index (Phi) is 4.80. The van der Waals surface area contributed by atoms with Gasteiger partial charge in [-0.25, -0.2) is 9.48 Å². The van der Waals surface area contributed by atoms with Crippen molar-refractivity contribution >= 4 is 11.8 Å². The number of carbonyl (C=O) groups is 2. The molecule has 0 fully saturated rings. The molecule has 1 aliphatic rings. The van der Waals surface area contributed by atoms with Crippen LogP contribution in [0.15, 0.2) is 54.7 Å². The van der Waals surface area contributed by atoms with Gasteiger partial charge in [0.15, 0.2) is 23.9 Å². The van der Waals surface area contributed by atoms with E-state index in [2.05, 4.69) is 5.10 Å². The number of hydrogen-bond donors (Lipinski definition) is 0. The fourth-order valence-corrected chi connectivity index (χ4v) is 2.95. The molecule has 0 radical (unpaired) electrons. The standard InChI is InChI=1S/C21H18N2O5/c1-14-17(12-22-23(14)16-5-3-2-4-6-16)21(25)28-13-18(24)15-7-8-19-20(11-15)27-10-9-26-19/h2-8,11-12H,9-10,13H2,1H3. The predicted octanol–water partition coefficient (Wildman–Crippen LogP) is 2.99. The molecule has 1 aliphatic heterocycles. The average Bonchev–Trinajstić information content (AvgIpc) is 3.13. The summed E-state index contributed by atoms with van der Waals surface area (Å²) < 4.78 is 17.8. The van der Waals surface area contributed by atoms with Crippen LogP contribution in [0.5, 0.6) is 11.5 Å². The molecule has 0 amide bonds. The Morgan fingerprint density at radius 2 is 1.82 bits per heavy atom. The Morgan fingerprint density at radius 3 is 2.61 bits per heavy atom. The zero-order valence-electron chi connectivity index (χ0n) is 15.3. The number of Topliss-reactive ketones (excluding diaryl/α,β-unsaturated/α-hetero) is 1. The first-order chi connectivity index (χ1) is 13.6. The van der Waals surface area contributed by atoms with Crippen molar-refractivity contribution in [2.75, 3.05) is 19.8 Å². The molecule has 0 saturated heterocycles. The summed E-state index contributed by atoms with van der Waals surface area (Å²) in [6, 6.07) is 14.4. The lowest BCUT2D eigenvalue weighted by Gasteiger charge is -2.18. The third-order valence-corrected chi connectivity index (χ3v) is 4.43. The molecule has 2 heterocycles. The lowest BCUT2D eigenvalue weighted by atomic mass is 10.1. The van der Waals surface area contributed by atoms with Crippen molar-refractivity contribution in [2.45, 2.75) is 6.92 Å². The van der Waals surface area contributed by atoms with E-state index in [1.165, 1.54) is 6.20 Å². The minimum atomic E-state index is -0.592. The van der Waals surface area contributed by atoms with Crippen molar-refractivity contribution in [1.29, 1.82) is 0 Å². The molecule has 0 aliphatic carbocycles. The Labute approximate surface area is 161 Å². The van der Waals surface area contributed by atoms with Gasteiger partial charge in [-0.1, -0.05) is 18.2 Å². The second-order valence-electron chi connectivity index (χ2n) is 6.25. The van der Waals surface area contributed by atoms with Crippen LogP contribution >= 0.6 is 0 Å². The first kappa shape index (κ1) is 17.8. The monoisotopic (exact) mass is 378 g/mol. The van der Waals surface area contributed by atoms with E-state index in [-0.39, 0.29) is 12.4 Å². The number of fused-ring (bicyclic) bond motifs is 1. The summed E-state index contributed by atoms with van der Waals surface area (Å²) in [5.74, 6) is 0.205. The van der Waals surface area contributed by atoms with Crippen LogP contribution < -0.4 is 9.47 Å². The molecule has 4 rings (SSSR count). The number of para-hydroxylation sites is 1. The molecule has 3 aromatic rings. The first-order valence-corrected chi connectivity index (χ1v) is 8.83. The number of carbonyl (C=O) groups excluding carboxylic acids is 2. The van der Waals surface area contributed by atoms with E-state index < -0.39 is 5.97 Å². The van der Waals surface area contributed by atoms with Gasteiger partial charge >= 0.3 is 5.97 Å². The maximum absolute atomic E-state index is 12.4. The molecular weight excluding hydrogens is 360 g/mol. The number of ketones is 1. The molecule has 28 heavy (non-hydrogen) atoms. The fourth-order valence-electron chi connectivity index (χ4n) is 2.95. The van der Waals surface area contributed by atoms with E-state index in [0.29, 0.717) is 41.5 Å². The molecule has 0 atom stereocenters. The third kappa shape index (κ3) is 3.46. The highest BCUT2D eigenvalue weighted by atomic mass is 16.6. The van der Waals surface area contributed by atoms with Crippen LogP contribution in [-0.4, -0.2) is 41.4 Å². The van der Waals surface area contributed by atoms with Crippen molar-refractivity contribution < 1.29 is 23.8 Å². The maximum atomic E-state index is 12.4. The second kappa shape index (κ2) is 7.56. The highest BCUT2D eigenvalue weighted by Gasteiger charge is 2.19. The second-order valence-corrected chi connectivity index (χ2v) is 6.25. The van der Waals surface area contributed by atoms with Gasteiger partial charge in [0.2, 0.25) is 0 Å². The Balaban J connectivity index is 1.43. The van der Waals surface area contributed by atoms with Crippen LogP contribution in [0.25, 0.3) is 5.69 Å². The maximum Gasteiger partial charge on any atom is 0.342 e. The van der Waals surface area contributed by atoms with Crippen molar-refractivity contribution in [3.8, 4) is 17.2 Å². The summed E-state index contributed by atoms with van der Waals surface area (Å²) in [6.45, 7) is 2.33. The zero-order valence-corrected chi connectivity index (χ0v) is 15.3. The first-order valence-electron chi connectivity index (χ1n) is 8.83. The largest absolute Gasteiger partial charge is 0.486 e. The average molecular weight is 378 g/mol. The lowest BCUT2D eigenvalue weighted by molar-refractivity contribution is 0.0474. The van der Waals surface area contributed by atoms with E-state index >= 15 is 0 Å². The minimum Gasteiger partial charge on any atom is -0.486 e. The summed E-state index contributed by atoms with van der Waals surface area (Å²) in [5.41, 5.74) is 2.20. The molecule has 2 aromatic carbocycles. The highest BCUT2D eigenvalue weighted by molar-refractivity contribution is 6.00. The van der Waals surface area contributed by atoms with Gasteiger partial charge in [-0.15, -0.1) is 0 Å². The van der Waals surface area contributed by atoms with Crippen LogP contribution in [0.3, 0.4) is 0 Å². The van der Waals surface area contributed by atoms with E-state index in [0.717, 1.165) is 5.69 Å². The topological polar surface area (TPSA) is 79.7 Å². The Hall–Kier alpha value is -3.61. The number of nitrogens with zero attached hydrogens (tertiary/aromatic N) is 2. The van der Waals surface area contributed by atoms with Crippen LogP contribution in [0.4, 0.5) is 0 Å². The van der Waals surface area contributed by atoms with E-state index in [9.17, 15) is 9.59 Å². The number of benzene rings is 2. The number of ether oxygens (including phenoxy) is 3. The molecule has 0 saturated carbocycles. The Morgan fingerprint density at radius 1 is 1.07 bits per heavy atom. The van der Waals surface area contributed by atoms with Crippen LogP contribution in [0, 0.1) is 6.92 Å². The van der Waals surface area contributed by atoms with Gasteiger partial charge in [0.1, 0.15) is 18.8 Å². The van der Waals surface area contributed by atoms with Crippen molar-refractivity contribution in [2.24, 2.45) is 0 Å². The Bertz CT molecular complexity index is 1030. The van der Waals surface area contributed by atoms with Crippen molar-refractivity contribution in [3.63, 3.8) is 0 Å². The van der Waals surface area contributed by atoms with Crippen molar-refractivity contribution in [1.82, 2.24) is 9.78 Å². The summed E-state index contributed by atoms with van der Waals surface area (Å²) in [5, 5.41) is 4.24. The minimum absolute atomic E-state index is 0.318. The normalized spacial score (nSPS) is 12.5. The van der Waals surface area contributed by atoms with Gasteiger partial charge in [-0.2, -0.15) is 5.10 Å². The van der Waals surface area contributed by atoms with E-state index in [1.54, 1.807) is 29.8 Å². The summed E-state index contributed by atoms with van der Waals surface area (Å²) >= 11 is 0. The number of hydrogen-bond acceptors (Lipinski definition) is 6. The number of aromatic nitrogens is 2. The van der Waals surface area contributed by atoms with Crippen LogP contribution in [0.2, 0.25) is 0 Å². The van der Waals surface area contributed by atoms with Crippen molar-refractivity contribution in [3.05, 3.63) is 71.5 Å². The molecule has 142 valence electrons. The zero-order chi connectivity index (χ0) is 19.5. The summed E-state index contributed by atoms with van der Waals surface area (Å²) in [4.78, 5) is 24.8. The number of esters is 1. The molecule has 0 N–H and O–H groups in total. The van der Waals surface area contributed by atoms with Gasteiger partial charge in [0, 0.05) is 5.56 Å². The van der Waals surface area contributed by atoms with Gasteiger partial charge in [0.25, 0.3) is 0 Å². The lowest BCUT2D eigenvalue weighted by Crippen LogP contribution is -2.17. The smallest absolute Gasteiger partial charge is 0.342 e. The molecule has 0 unspecified atom stereocenters. The highest BCUT2D eigenvalue weighted by Crippen LogP contribution is 2.30. The van der Waals surface area contributed by atoms with E-state index in [4.69, 9.17) is 14.2 Å². The molecule has 0 bridgehead atoms. The molecule has 1 aromatic heterocycles. The van der Waals surface area contributed by atoms with Gasteiger partial charge in [-0.3, -0.25) is 4.79 Å². The molecular formula is C21H18N2O5. The summed E-state index contributed by atoms with van der Waals surface area (Å²) in [7, 11) is 0. The quantitative estimate of drug-likeness (QED) is 0.502. The van der Waals surface area contributed by atoms with E-state index in [1.807, 2.05) is 30.3 Å². The predicted molar refractivity (Wildman–Crippen MR) is 100 cm³/mol. The fraction of sp³-hybridized carbons (Fsp3) is 0.190. The van der Waals surface area contributed by atoms with Gasteiger partial charge in [0.05, 0.1) is 17.6 Å². The number of rotatable bonds is 5. The third-order valence-electron chi connectivity index (χ3n) is 4.43. The molecule has 0 spiro atoms.